The first kappa shape index (κ1) is 12.6. The van der Waals surface area contributed by atoms with Gasteiger partial charge in [-0.1, -0.05) is 12.1 Å². The van der Waals surface area contributed by atoms with Crippen molar-refractivity contribution in [1.82, 2.24) is 9.55 Å². The van der Waals surface area contributed by atoms with Crippen molar-refractivity contribution >= 4 is 10.9 Å². The molecule has 0 spiro atoms. The van der Waals surface area contributed by atoms with Gasteiger partial charge in [-0.3, -0.25) is 9.36 Å². The van der Waals surface area contributed by atoms with E-state index in [0.717, 1.165) is 0 Å². The third-order valence-electron chi connectivity index (χ3n) is 2.76. The fourth-order valence-electron chi connectivity index (χ4n) is 1.90. The van der Waals surface area contributed by atoms with E-state index < -0.39 is 17.6 Å². The molecule has 0 saturated carbocycles. The van der Waals surface area contributed by atoms with Gasteiger partial charge < -0.3 is 0 Å². The van der Waals surface area contributed by atoms with E-state index in [1.807, 2.05) is 0 Å². The molecule has 2 aromatic rings. The molecule has 0 radical (unpaired) electrons. The average molecular weight is 256 g/mol. The van der Waals surface area contributed by atoms with Crippen LogP contribution in [0.2, 0.25) is 0 Å². The predicted octanol–water partition coefficient (Wildman–Crippen LogP) is 2.74. The van der Waals surface area contributed by atoms with Crippen LogP contribution in [0.4, 0.5) is 13.2 Å². The molecule has 0 aliphatic rings. The zero-order chi connectivity index (χ0) is 13.5. The van der Waals surface area contributed by atoms with E-state index in [2.05, 4.69) is 4.98 Å². The summed E-state index contributed by atoms with van der Waals surface area (Å²) in [5.74, 6) is -1.14. The van der Waals surface area contributed by atoms with E-state index in [1.165, 1.54) is 13.0 Å². The van der Waals surface area contributed by atoms with Crippen molar-refractivity contribution in [3.05, 3.63) is 39.9 Å². The fraction of sp³-hybridized carbons (Fsp3) is 0.333. The van der Waals surface area contributed by atoms with Crippen molar-refractivity contribution in [1.29, 1.82) is 0 Å². The molecule has 2 rings (SSSR count). The third-order valence-corrected chi connectivity index (χ3v) is 2.76. The molecule has 0 bridgehead atoms. The summed E-state index contributed by atoms with van der Waals surface area (Å²) in [6.07, 6.45) is -4.63. The Morgan fingerprint density at radius 3 is 2.56 bits per heavy atom. The molecule has 96 valence electrons. The van der Waals surface area contributed by atoms with Crippen LogP contribution >= 0.6 is 0 Å². The van der Waals surface area contributed by atoms with Gasteiger partial charge in [-0.25, -0.2) is 4.98 Å². The molecule has 3 nitrogen and oxygen atoms in total. The summed E-state index contributed by atoms with van der Waals surface area (Å²) in [4.78, 5) is 15.6. The minimum Gasteiger partial charge on any atom is -0.289 e. The lowest BCUT2D eigenvalue weighted by Crippen LogP contribution is -2.29. The van der Waals surface area contributed by atoms with Crippen LogP contribution in [0.3, 0.4) is 0 Å². The lowest BCUT2D eigenvalue weighted by atomic mass is 10.1. The zero-order valence-corrected chi connectivity index (χ0v) is 9.88. The number of hydrogen-bond acceptors (Lipinski definition) is 2. The van der Waals surface area contributed by atoms with Gasteiger partial charge in [0.15, 0.2) is 0 Å². The third kappa shape index (κ3) is 1.87. The van der Waals surface area contributed by atoms with E-state index in [-0.39, 0.29) is 17.4 Å². The molecule has 1 aromatic carbocycles. The summed E-state index contributed by atoms with van der Waals surface area (Å²) in [7, 11) is 0. The molecule has 0 saturated heterocycles. The predicted molar refractivity (Wildman–Crippen MR) is 61.4 cm³/mol. The molecule has 0 amide bonds. The van der Waals surface area contributed by atoms with E-state index in [0.29, 0.717) is 10.1 Å². The topological polar surface area (TPSA) is 34.9 Å². The molecule has 0 fully saturated rings. The van der Waals surface area contributed by atoms with E-state index >= 15 is 0 Å². The Balaban J connectivity index is 2.96. The van der Waals surface area contributed by atoms with E-state index in [1.54, 1.807) is 19.1 Å². The van der Waals surface area contributed by atoms with Crippen molar-refractivity contribution in [2.45, 2.75) is 26.6 Å². The van der Waals surface area contributed by atoms with Crippen LogP contribution in [0, 0.1) is 6.92 Å². The van der Waals surface area contributed by atoms with E-state index in [9.17, 15) is 18.0 Å². The van der Waals surface area contributed by atoms with E-state index in [4.69, 9.17) is 0 Å². The Labute approximate surface area is 101 Å². The Bertz CT molecular complexity index is 659. The quantitative estimate of drug-likeness (QED) is 0.786. The molecule has 0 N–H and O–H groups in total. The molecule has 0 aliphatic heterocycles. The van der Waals surface area contributed by atoms with Gasteiger partial charge in [-0.15, -0.1) is 0 Å². The SMILES string of the molecule is CCn1c(C(F)(F)F)nc2c(C)cccc2c1=O. The normalized spacial score (nSPS) is 12.1. The second-order valence-corrected chi connectivity index (χ2v) is 3.95. The summed E-state index contributed by atoms with van der Waals surface area (Å²) in [5, 5.41) is 0.213. The second kappa shape index (κ2) is 4.12. The van der Waals surface area contributed by atoms with Gasteiger partial charge in [-0.05, 0) is 25.5 Å². The van der Waals surface area contributed by atoms with Gasteiger partial charge in [0.25, 0.3) is 5.56 Å². The molecule has 0 atom stereocenters. The van der Waals surface area contributed by atoms with Gasteiger partial charge >= 0.3 is 6.18 Å². The standard InChI is InChI=1S/C12H11F3N2O/c1-3-17-10(18)8-6-4-5-7(2)9(8)16-11(17)12(13,14)15/h4-6H,3H2,1-2H3. The second-order valence-electron chi connectivity index (χ2n) is 3.95. The minimum absolute atomic E-state index is 0.0649. The van der Waals surface area contributed by atoms with Crippen LogP contribution in [0.15, 0.2) is 23.0 Å². The lowest BCUT2D eigenvalue weighted by Gasteiger charge is -2.14. The van der Waals surface area contributed by atoms with Crippen LogP contribution < -0.4 is 5.56 Å². The molecule has 1 heterocycles. The van der Waals surface area contributed by atoms with Crippen molar-refractivity contribution < 1.29 is 13.2 Å². The molecular weight excluding hydrogens is 245 g/mol. The van der Waals surface area contributed by atoms with Gasteiger partial charge in [0.2, 0.25) is 5.82 Å². The van der Waals surface area contributed by atoms with Crippen molar-refractivity contribution in [3.63, 3.8) is 0 Å². The number of aromatic nitrogens is 2. The number of hydrogen-bond donors (Lipinski definition) is 0. The zero-order valence-electron chi connectivity index (χ0n) is 9.88. The molecule has 18 heavy (non-hydrogen) atoms. The van der Waals surface area contributed by atoms with Gasteiger partial charge in [-0.2, -0.15) is 13.2 Å². The smallest absolute Gasteiger partial charge is 0.289 e. The van der Waals surface area contributed by atoms with Crippen molar-refractivity contribution in [2.24, 2.45) is 0 Å². The molecule has 0 aliphatic carbocycles. The van der Waals surface area contributed by atoms with Crippen LogP contribution in [-0.2, 0) is 12.7 Å². The first-order valence-corrected chi connectivity index (χ1v) is 5.43. The highest BCUT2D eigenvalue weighted by Gasteiger charge is 2.37. The summed E-state index contributed by atoms with van der Waals surface area (Å²) in [5.41, 5.74) is 0.0106. The maximum absolute atomic E-state index is 12.9. The number of fused-ring (bicyclic) bond motifs is 1. The minimum atomic E-state index is -4.63. The van der Waals surface area contributed by atoms with Crippen LogP contribution in [0.25, 0.3) is 10.9 Å². The molecular formula is C12H11F3N2O. The highest BCUT2D eigenvalue weighted by Crippen LogP contribution is 2.28. The summed E-state index contributed by atoms with van der Waals surface area (Å²) in [6, 6.07) is 4.75. The lowest BCUT2D eigenvalue weighted by molar-refractivity contribution is -0.147. The molecule has 0 unspecified atom stereocenters. The maximum atomic E-state index is 12.9. The largest absolute Gasteiger partial charge is 0.449 e. The number of aryl methyl sites for hydroxylation is 1. The fourth-order valence-corrected chi connectivity index (χ4v) is 1.90. The Morgan fingerprint density at radius 2 is 2.00 bits per heavy atom. The molecule has 6 heteroatoms. The molecule has 1 aromatic heterocycles. The van der Waals surface area contributed by atoms with Gasteiger partial charge in [0.05, 0.1) is 10.9 Å². The average Bonchev–Trinajstić information content (AvgIpc) is 2.29. The Morgan fingerprint density at radius 1 is 1.33 bits per heavy atom. The number of para-hydroxylation sites is 1. The van der Waals surface area contributed by atoms with Crippen molar-refractivity contribution in [2.75, 3.05) is 0 Å². The summed E-state index contributed by atoms with van der Waals surface area (Å²) < 4.78 is 39.2. The highest BCUT2D eigenvalue weighted by atomic mass is 19.4. The number of benzene rings is 1. The number of rotatable bonds is 1. The first-order chi connectivity index (χ1) is 8.36. The van der Waals surface area contributed by atoms with Crippen LogP contribution in [0.5, 0.6) is 0 Å². The number of nitrogens with zero attached hydrogens (tertiary/aromatic N) is 2. The van der Waals surface area contributed by atoms with Crippen molar-refractivity contribution in [3.8, 4) is 0 Å². The Kier molecular flexibility index (Phi) is 2.88. The maximum Gasteiger partial charge on any atom is 0.449 e. The van der Waals surface area contributed by atoms with Crippen LogP contribution in [-0.4, -0.2) is 9.55 Å². The highest BCUT2D eigenvalue weighted by molar-refractivity contribution is 5.80. The number of alkyl halides is 3. The number of halogens is 3. The first-order valence-electron chi connectivity index (χ1n) is 5.43. The van der Waals surface area contributed by atoms with Crippen LogP contribution in [0.1, 0.15) is 18.3 Å². The Hall–Kier alpha value is -1.85. The van der Waals surface area contributed by atoms with Gasteiger partial charge in [0.1, 0.15) is 0 Å². The van der Waals surface area contributed by atoms with Gasteiger partial charge in [0, 0.05) is 6.54 Å². The monoisotopic (exact) mass is 256 g/mol. The summed E-state index contributed by atoms with van der Waals surface area (Å²) in [6.45, 7) is 3.05. The summed E-state index contributed by atoms with van der Waals surface area (Å²) >= 11 is 0.